The number of hydrogen-bond donors (Lipinski definition) is 1. The molecule has 2 aliphatic rings. The van der Waals surface area contributed by atoms with E-state index in [4.69, 9.17) is 4.42 Å². The van der Waals surface area contributed by atoms with Gasteiger partial charge in [-0.2, -0.15) is 0 Å². The number of allylic oxidation sites excluding steroid dienone is 1. The van der Waals surface area contributed by atoms with Crippen molar-refractivity contribution >= 4 is 0 Å². The lowest BCUT2D eigenvalue weighted by atomic mass is 9.71. The Morgan fingerprint density at radius 3 is 3.20 bits per heavy atom. The van der Waals surface area contributed by atoms with Gasteiger partial charge < -0.3 is 9.73 Å². The molecule has 0 spiro atoms. The van der Waals surface area contributed by atoms with Gasteiger partial charge in [0.05, 0.1) is 12.3 Å². The van der Waals surface area contributed by atoms with Gasteiger partial charge in [0.2, 0.25) is 0 Å². The molecular weight excluding hydrogens is 186 g/mol. The molecule has 1 aromatic heterocycles. The molecule has 1 N–H and O–H groups in total. The fourth-order valence-electron chi connectivity index (χ4n) is 2.85. The molecule has 0 aromatic carbocycles. The lowest BCUT2D eigenvalue weighted by molar-refractivity contribution is 0.148. The highest BCUT2D eigenvalue weighted by atomic mass is 16.3. The van der Waals surface area contributed by atoms with Crippen molar-refractivity contribution in [2.45, 2.75) is 31.8 Å². The Labute approximate surface area is 90.4 Å². The fraction of sp³-hybridized carbons (Fsp3) is 0.538. The number of hydrogen-bond acceptors (Lipinski definition) is 2. The van der Waals surface area contributed by atoms with E-state index in [0.29, 0.717) is 12.1 Å². The van der Waals surface area contributed by atoms with Crippen molar-refractivity contribution in [3.63, 3.8) is 0 Å². The molecule has 4 atom stereocenters. The summed E-state index contributed by atoms with van der Waals surface area (Å²) in [7, 11) is 0. The summed E-state index contributed by atoms with van der Waals surface area (Å²) in [4.78, 5) is 0. The minimum atomic E-state index is 0.333. The SMILES string of the molecule is C[C@@H](NC1CC2CC=CC21)c1ccco1. The van der Waals surface area contributed by atoms with Crippen LogP contribution in [0.25, 0.3) is 0 Å². The zero-order chi connectivity index (χ0) is 10.3. The number of furan rings is 1. The predicted molar refractivity (Wildman–Crippen MR) is 59.4 cm³/mol. The third-order valence-corrected chi connectivity index (χ3v) is 3.80. The zero-order valence-corrected chi connectivity index (χ0v) is 9.02. The summed E-state index contributed by atoms with van der Waals surface area (Å²) in [6.07, 6.45) is 9.06. The third kappa shape index (κ3) is 1.53. The summed E-state index contributed by atoms with van der Waals surface area (Å²) >= 11 is 0. The molecule has 0 radical (unpaired) electrons. The van der Waals surface area contributed by atoms with Crippen molar-refractivity contribution in [1.29, 1.82) is 0 Å². The maximum Gasteiger partial charge on any atom is 0.120 e. The van der Waals surface area contributed by atoms with Gasteiger partial charge in [-0.05, 0) is 43.7 Å². The van der Waals surface area contributed by atoms with Gasteiger partial charge in [-0.1, -0.05) is 12.2 Å². The van der Waals surface area contributed by atoms with Crippen molar-refractivity contribution < 1.29 is 4.42 Å². The van der Waals surface area contributed by atoms with Crippen LogP contribution in [0.4, 0.5) is 0 Å². The third-order valence-electron chi connectivity index (χ3n) is 3.80. The Bertz CT molecular complexity index is 355. The summed E-state index contributed by atoms with van der Waals surface area (Å²) < 4.78 is 5.40. The van der Waals surface area contributed by atoms with E-state index in [1.807, 2.05) is 12.1 Å². The molecule has 2 aliphatic carbocycles. The van der Waals surface area contributed by atoms with Gasteiger partial charge in [0.1, 0.15) is 5.76 Å². The zero-order valence-electron chi connectivity index (χ0n) is 9.02. The second-order valence-electron chi connectivity index (χ2n) is 4.75. The first kappa shape index (κ1) is 9.22. The average Bonchev–Trinajstić information content (AvgIpc) is 2.82. The van der Waals surface area contributed by atoms with Crippen molar-refractivity contribution in [2.75, 3.05) is 0 Å². The molecule has 1 aromatic rings. The highest BCUT2D eigenvalue weighted by molar-refractivity contribution is 5.14. The Morgan fingerprint density at radius 2 is 2.47 bits per heavy atom. The van der Waals surface area contributed by atoms with Crippen LogP contribution in [0.3, 0.4) is 0 Å². The van der Waals surface area contributed by atoms with Crippen LogP contribution in [0.15, 0.2) is 35.0 Å². The van der Waals surface area contributed by atoms with Crippen LogP contribution < -0.4 is 5.32 Å². The first-order valence-corrected chi connectivity index (χ1v) is 5.80. The Morgan fingerprint density at radius 1 is 1.53 bits per heavy atom. The maximum absolute atomic E-state index is 5.40. The molecule has 1 saturated carbocycles. The monoisotopic (exact) mass is 203 g/mol. The van der Waals surface area contributed by atoms with Gasteiger partial charge in [-0.15, -0.1) is 0 Å². The van der Waals surface area contributed by atoms with Crippen molar-refractivity contribution in [2.24, 2.45) is 11.8 Å². The van der Waals surface area contributed by atoms with Crippen molar-refractivity contribution in [3.8, 4) is 0 Å². The summed E-state index contributed by atoms with van der Waals surface area (Å²) in [5.41, 5.74) is 0. The number of fused-ring (bicyclic) bond motifs is 1. The minimum absolute atomic E-state index is 0.333. The highest BCUT2D eigenvalue weighted by Gasteiger charge is 2.41. The second kappa shape index (κ2) is 3.53. The fourth-order valence-corrected chi connectivity index (χ4v) is 2.85. The normalized spacial score (nSPS) is 34.9. The molecule has 2 heteroatoms. The molecule has 2 nitrogen and oxygen atoms in total. The van der Waals surface area contributed by atoms with E-state index >= 15 is 0 Å². The molecule has 1 fully saturated rings. The smallest absolute Gasteiger partial charge is 0.120 e. The topological polar surface area (TPSA) is 25.2 Å². The van der Waals surface area contributed by atoms with Crippen LogP contribution >= 0.6 is 0 Å². The molecule has 3 rings (SSSR count). The van der Waals surface area contributed by atoms with Crippen LogP contribution in [0.1, 0.15) is 31.6 Å². The van der Waals surface area contributed by atoms with E-state index in [0.717, 1.165) is 17.6 Å². The van der Waals surface area contributed by atoms with E-state index in [1.165, 1.54) is 12.8 Å². The summed E-state index contributed by atoms with van der Waals surface area (Å²) in [5.74, 6) is 2.74. The van der Waals surface area contributed by atoms with E-state index in [9.17, 15) is 0 Å². The van der Waals surface area contributed by atoms with Crippen molar-refractivity contribution in [1.82, 2.24) is 5.32 Å². The Balaban J connectivity index is 1.60. The molecule has 80 valence electrons. The molecule has 0 amide bonds. The Hall–Kier alpha value is -1.02. The summed E-state index contributed by atoms with van der Waals surface area (Å²) in [6.45, 7) is 2.17. The summed E-state index contributed by atoms with van der Waals surface area (Å²) in [6, 6.07) is 4.99. The van der Waals surface area contributed by atoms with Crippen LogP contribution in [0.2, 0.25) is 0 Å². The predicted octanol–water partition coefficient (Wildman–Crippen LogP) is 2.89. The largest absolute Gasteiger partial charge is 0.468 e. The minimum Gasteiger partial charge on any atom is -0.468 e. The van der Waals surface area contributed by atoms with Crippen LogP contribution in [0.5, 0.6) is 0 Å². The van der Waals surface area contributed by atoms with Crippen LogP contribution in [-0.2, 0) is 0 Å². The molecule has 15 heavy (non-hydrogen) atoms. The second-order valence-corrected chi connectivity index (χ2v) is 4.75. The molecule has 0 bridgehead atoms. The van der Waals surface area contributed by atoms with E-state index in [2.05, 4.69) is 24.4 Å². The van der Waals surface area contributed by atoms with Gasteiger partial charge in [-0.25, -0.2) is 0 Å². The molecule has 3 unspecified atom stereocenters. The lowest BCUT2D eigenvalue weighted by Crippen LogP contribution is -2.48. The van der Waals surface area contributed by atoms with Gasteiger partial charge >= 0.3 is 0 Å². The van der Waals surface area contributed by atoms with Crippen LogP contribution in [0, 0.1) is 11.8 Å². The van der Waals surface area contributed by atoms with Gasteiger partial charge in [-0.3, -0.25) is 0 Å². The number of nitrogens with one attached hydrogen (secondary N) is 1. The van der Waals surface area contributed by atoms with E-state index in [-0.39, 0.29) is 0 Å². The Kier molecular flexibility index (Phi) is 2.17. The van der Waals surface area contributed by atoms with E-state index < -0.39 is 0 Å². The van der Waals surface area contributed by atoms with Gasteiger partial charge in [0.15, 0.2) is 0 Å². The van der Waals surface area contributed by atoms with E-state index in [1.54, 1.807) is 6.26 Å². The lowest BCUT2D eigenvalue weighted by Gasteiger charge is -2.42. The number of rotatable bonds is 3. The standard InChI is InChI=1S/C13H17NO/c1-9(13-6-3-7-15-13)14-12-8-10-4-2-5-11(10)12/h2-3,5-7,9-12,14H,4,8H2,1H3/t9-,10?,11?,12?/m1/s1. The first-order valence-electron chi connectivity index (χ1n) is 5.80. The molecule has 1 heterocycles. The quantitative estimate of drug-likeness (QED) is 0.764. The summed E-state index contributed by atoms with van der Waals surface area (Å²) in [5, 5.41) is 3.65. The van der Waals surface area contributed by atoms with Gasteiger partial charge in [0, 0.05) is 6.04 Å². The molecular formula is C13H17NO. The molecule has 0 saturated heterocycles. The first-order chi connectivity index (χ1) is 7.34. The maximum atomic E-state index is 5.40. The van der Waals surface area contributed by atoms with Crippen molar-refractivity contribution in [3.05, 3.63) is 36.3 Å². The van der Waals surface area contributed by atoms with Gasteiger partial charge in [0.25, 0.3) is 0 Å². The molecule has 0 aliphatic heterocycles. The highest BCUT2D eigenvalue weighted by Crippen LogP contribution is 2.43. The van der Waals surface area contributed by atoms with Crippen LogP contribution in [-0.4, -0.2) is 6.04 Å². The average molecular weight is 203 g/mol.